The van der Waals surface area contributed by atoms with E-state index in [1.165, 1.54) is 24.1 Å². The summed E-state index contributed by atoms with van der Waals surface area (Å²) in [4.78, 5) is 20.6. The third-order valence-electron chi connectivity index (χ3n) is 7.57. The number of allylic oxidation sites excluding steroid dienone is 2. The number of pyridine rings is 1. The average Bonchev–Trinajstić information content (AvgIpc) is 3.37. The van der Waals surface area contributed by atoms with Crippen LogP contribution in [0.1, 0.15) is 29.8 Å². The third kappa shape index (κ3) is 4.02. The minimum Gasteiger partial charge on any atom is -0.356 e. The van der Waals surface area contributed by atoms with Crippen molar-refractivity contribution in [2.24, 2.45) is 22.4 Å². The molecule has 1 fully saturated rings. The summed E-state index contributed by atoms with van der Waals surface area (Å²) >= 11 is 8.10. The van der Waals surface area contributed by atoms with Crippen LogP contribution in [0.2, 0.25) is 5.02 Å². The molecule has 180 valence electrons. The average molecular weight is 506 g/mol. The predicted molar refractivity (Wildman–Crippen MR) is 142 cm³/mol. The molecule has 1 saturated heterocycles. The fraction of sp³-hybridized carbons (Fsp3) is 0.385. The molecule has 1 aliphatic carbocycles. The topological polar surface area (TPSA) is 61.9 Å². The van der Waals surface area contributed by atoms with Crippen molar-refractivity contribution in [1.82, 2.24) is 24.6 Å². The number of thioether (sulfide) groups is 1. The molecule has 0 saturated carbocycles. The van der Waals surface area contributed by atoms with Gasteiger partial charge in [0.2, 0.25) is 0 Å². The molecule has 0 N–H and O–H groups in total. The molecule has 9 heteroatoms. The molecule has 3 aliphatic heterocycles. The minimum atomic E-state index is 0.376. The summed E-state index contributed by atoms with van der Waals surface area (Å²) in [6, 6.07) is 1.94. The number of piperidine rings is 1. The maximum atomic E-state index is 6.49. The lowest BCUT2D eigenvalue weighted by atomic mass is 9.76. The fourth-order valence-electron chi connectivity index (χ4n) is 5.45. The van der Waals surface area contributed by atoms with E-state index in [9.17, 15) is 0 Å². The van der Waals surface area contributed by atoms with Gasteiger partial charge in [-0.15, -0.1) is 0 Å². The quantitative estimate of drug-likeness (QED) is 0.602. The Hall–Kier alpha value is -2.84. The number of nitrogens with zero attached hydrogens (tertiary/aromatic N) is 7. The van der Waals surface area contributed by atoms with Gasteiger partial charge in [-0.3, -0.25) is 9.67 Å². The van der Waals surface area contributed by atoms with Crippen LogP contribution in [0.25, 0.3) is 0 Å². The van der Waals surface area contributed by atoms with Gasteiger partial charge < -0.3 is 9.80 Å². The predicted octanol–water partition coefficient (Wildman–Crippen LogP) is 4.75. The standard InChI is InChI=1S/C26H28ClN7S/c1-17-24(27)20(6-10-28-17)35-21-4-5-22-31-23(7-11-29-25(21)32(22)2)34-12-8-26(9-13-34)14-18-16-30-33(3)19(18)15-26/h4-7,10-11,16H,8-9,12-15H2,1-3H3. The molecule has 6 rings (SSSR count). The first-order valence-electron chi connectivity index (χ1n) is 12.0. The maximum absolute atomic E-state index is 6.49. The molecule has 2 aromatic heterocycles. The number of fused-ring (bicyclic) bond motifs is 3. The van der Waals surface area contributed by atoms with Gasteiger partial charge in [-0.25, -0.2) is 9.98 Å². The zero-order valence-corrected chi connectivity index (χ0v) is 21.8. The Morgan fingerprint density at radius 2 is 1.94 bits per heavy atom. The first-order valence-corrected chi connectivity index (χ1v) is 13.1. The van der Waals surface area contributed by atoms with Crippen molar-refractivity contribution < 1.29 is 0 Å². The van der Waals surface area contributed by atoms with E-state index in [1.807, 2.05) is 32.3 Å². The van der Waals surface area contributed by atoms with Crippen molar-refractivity contribution in [3.63, 3.8) is 0 Å². The van der Waals surface area contributed by atoms with Crippen LogP contribution in [0.15, 0.2) is 68.1 Å². The first-order chi connectivity index (χ1) is 16.9. The maximum Gasteiger partial charge on any atom is 0.147 e. The summed E-state index contributed by atoms with van der Waals surface area (Å²) in [5, 5.41) is 5.12. The number of rotatable bonds is 3. The molecule has 0 amide bonds. The van der Waals surface area contributed by atoms with Crippen LogP contribution < -0.4 is 0 Å². The van der Waals surface area contributed by atoms with Crippen LogP contribution in [0.5, 0.6) is 0 Å². The minimum absolute atomic E-state index is 0.376. The van der Waals surface area contributed by atoms with E-state index in [0.29, 0.717) is 10.4 Å². The Balaban J connectivity index is 1.20. The first kappa shape index (κ1) is 22.6. The highest BCUT2D eigenvalue weighted by atomic mass is 35.5. The molecular formula is C26H28ClN7S. The van der Waals surface area contributed by atoms with E-state index in [1.54, 1.807) is 18.0 Å². The zero-order valence-electron chi connectivity index (χ0n) is 20.2. The van der Waals surface area contributed by atoms with E-state index in [0.717, 1.165) is 58.9 Å². The van der Waals surface area contributed by atoms with Gasteiger partial charge in [-0.2, -0.15) is 5.10 Å². The molecule has 4 aliphatic rings. The molecular weight excluding hydrogens is 478 g/mol. The summed E-state index contributed by atoms with van der Waals surface area (Å²) in [6.07, 6.45) is 16.6. The molecule has 0 aromatic carbocycles. The van der Waals surface area contributed by atoms with Crippen molar-refractivity contribution in [1.29, 1.82) is 0 Å². The number of hydrogen-bond acceptors (Lipinski definition) is 7. The Labute approximate surface area is 215 Å². The van der Waals surface area contributed by atoms with Crippen molar-refractivity contribution >= 4 is 35.4 Å². The molecule has 2 aromatic rings. The van der Waals surface area contributed by atoms with Gasteiger partial charge in [-0.05, 0) is 67.9 Å². The second-order valence-electron chi connectivity index (χ2n) is 9.74. The number of halogens is 1. The number of aliphatic imine (C=N–C) groups is 2. The number of amidine groups is 1. The summed E-state index contributed by atoms with van der Waals surface area (Å²) < 4.78 is 2.06. The highest BCUT2D eigenvalue weighted by Crippen LogP contribution is 2.45. The van der Waals surface area contributed by atoms with Crippen LogP contribution in [0.4, 0.5) is 0 Å². The summed E-state index contributed by atoms with van der Waals surface area (Å²) in [6.45, 7) is 3.94. The fourth-order valence-corrected chi connectivity index (χ4v) is 6.70. The van der Waals surface area contributed by atoms with Gasteiger partial charge in [0, 0.05) is 50.2 Å². The number of hydrogen-bond donors (Lipinski definition) is 0. The Kier molecular flexibility index (Phi) is 5.60. The van der Waals surface area contributed by atoms with E-state index in [4.69, 9.17) is 21.6 Å². The van der Waals surface area contributed by atoms with Gasteiger partial charge in [0.05, 0.1) is 21.8 Å². The molecule has 1 spiro atoms. The van der Waals surface area contributed by atoms with Gasteiger partial charge in [0.25, 0.3) is 0 Å². The largest absolute Gasteiger partial charge is 0.356 e. The lowest BCUT2D eigenvalue weighted by Gasteiger charge is -2.40. The van der Waals surface area contributed by atoms with Gasteiger partial charge in [0.1, 0.15) is 17.5 Å². The Morgan fingerprint density at radius 1 is 1.11 bits per heavy atom. The molecule has 0 radical (unpaired) electrons. The van der Waals surface area contributed by atoms with Crippen LogP contribution in [0.3, 0.4) is 0 Å². The normalized spacial score (nSPS) is 20.7. The third-order valence-corrected chi connectivity index (χ3v) is 9.25. The highest BCUT2D eigenvalue weighted by Gasteiger charge is 2.41. The van der Waals surface area contributed by atoms with E-state index >= 15 is 0 Å². The molecule has 5 heterocycles. The van der Waals surface area contributed by atoms with E-state index in [2.05, 4.69) is 50.0 Å². The van der Waals surface area contributed by atoms with Crippen LogP contribution in [-0.2, 0) is 19.9 Å². The van der Waals surface area contributed by atoms with Crippen LogP contribution in [-0.4, -0.2) is 56.8 Å². The van der Waals surface area contributed by atoms with E-state index < -0.39 is 0 Å². The van der Waals surface area contributed by atoms with Gasteiger partial charge >= 0.3 is 0 Å². The van der Waals surface area contributed by atoms with Crippen molar-refractivity contribution in [3.8, 4) is 0 Å². The smallest absolute Gasteiger partial charge is 0.147 e. The highest BCUT2D eigenvalue weighted by molar-refractivity contribution is 8.03. The zero-order chi connectivity index (χ0) is 24.2. The summed E-state index contributed by atoms with van der Waals surface area (Å²) in [5.74, 6) is 2.74. The number of aromatic nitrogens is 3. The van der Waals surface area contributed by atoms with Crippen molar-refractivity contribution in [2.75, 3.05) is 20.1 Å². The van der Waals surface area contributed by atoms with E-state index in [-0.39, 0.29) is 0 Å². The molecule has 0 unspecified atom stereocenters. The monoisotopic (exact) mass is 505 g/mol. The molecule has 35 heavy (non-hydrogen) atoms. The Morgan fingerprint density at radius 3 is 2.74 bits per heavy atom. The number of aryl methyl sites for hydroxylation is 2. The van der Waals surface area contributed by atoms with Crippen molar-refractivity contribution in [2.45, 2.75) is 37.5 Å². The van der Waals surface area contributed by atoms with Crippen LogP contribution in [0, 0.1) is 12.3 Å². The lowest BCUT2D eigenvalue weighted by molar-refractivity contribution is 0.133. The second kappa shape index (κ2) is 8.68. The lowest BCUT2D eigenvalue weighted by Crippen LogP contribution is -2.40. The second-order valence-corrected chi connectivity index (χ2v) is 11.2. The van der Waals surface area contributed by atoms with Gasteiger partial charge in [0.15, 0.2) is 0 Å². The molecule has 7 nitrogen and oxygen atoms in total. The molecule has 2 bridgehead atoms. The number of likely N-dealkylation sites (tertiary alicyclic amines) is 1. The van der Waals surface area contributed by atoms with Crippen LogP contribution >= 0.6 is 23.4 Å². The van der Waals surface area contributed by atoms with Crippen molar-refractivity contribution in [3.05, 3.63) is 75.2 Å². The molecule has 0 atom stereocenters. The SMILES string of the molecule is Cc1nccc(SC2=C3N=CC=C(N4CCC5(CC4)Cc4cnn(C)c4C5)N=C(C=C2)N3C)c1Cl. The summed E-state index contributed by atoms with van der Waals surface area (Å²) in [7, 11) is 4.09. The Bertz CT molecular complexity index is 1340. The number of likely N-dealkylation sites (N-methyl/N-ethyl adjacent to an activating group) is 1. The summed E-state index contributed by atoms with van der Waals surface area (Å²) in [5.41, 5.74) is 4.05. The van der Waals surface area contributed by atoms with Gasteiger partial charge in [-0.1, -0.05) is 23.4 Å².